The molecule has 0 aliphatic rings. The quantitative estimate of drug-likeness (QED) is 0.796. The first-order valence-corrected chi connectivity index (χ1v) is 6.95. The third-order valence-electron chi connectivity index (χ3n) is 3.64. The van der Waals surface area contributed by atoms with E-state index in [1.165, 1.54) is 0 Å². The second-order valence-corrected chi connectivity index (χ2v) is 6.03. The Kier molecular flexibility index (Phi) is 5.39. The lowest BCUT2D eigenvalue weighted by Gasteiger charge is -2.38. The van der Waals surface area contributed by atoms with Crippen LogP contribution < -0.4 is 10.1 Å². The molecule has 0 atom stereocenters. The van der Waals surface area contributed by atoms with Crippen molar-refractivity contribution < 1.29 is 9.84 Å². The Bertz CT molecular complexity index is 394. The van der Waals surface area contributed by atoms with Crippen LogP contribution in [0.4, 0.5) is 0 Å². The van der Waals surface area contributed by atoms with Crippen LogP contribution in [0.3, 0.4) is 0 Å². The van der Waals surface area contributed by atoms with Crippen LogP contribution in [0.1, 0.15) is 46.6 Å². The fourth-order valence-corrected chi connectivity index (χ4v) is 1.50. The van der Waals surface area contributed by atoms with Crippen molar-refractivity contribution in [2.45, 2.75) is 58.7 Å². The van der Waals surface area contributed by atoms with Gasteiger partial charge in [-0.15, -0.1) is 0 Å². The second kappa shape index (κ2) is 6.40. The van der Waals surface area contributed by atoms with Crippen molar-refractivity contribution in [3.05, 3.63) is 29.8 Å². The van der Waals surface area contributed by atoms with E-state index in [0.29, 0.717) is 6.54 Å². The van der Waals surface area contributed by atoms with E-state index >= 15 is 0 Å². The molecule has 0 radical (unpaired) electrons. The van der Waals surface area contributed by atoms with E-state index in [9.17, 15) is 5.11 Å². The predicted molar refractivity (Wildman–Crippen MR) is 79.4 cm³/mol. The summed E-state index contributed by atoms with van der Waals surface area (Å²) in [6.45, 7) is 11.2. The molecule has 0 spiro atoms. The van der Waals surface area contributed by atoms with Gasteiger partial charge in [-0.1, -0.05) is 19.1 Å². The van der Waals surface area contributed by atoms with E-state index in [4.69, 9.17) is 4.74 Å². The molecular weight excluding hydrogens is 238 g/mol. The molecule has 0 saturated carbocycles. The molecule has 0 aliphatic heterocycles. The zero-order valence-corrected chi connectivity index (χ0v) is 12.8. The van der Waals surface area contributed by atoms with Gasteiger partial charge in [-0.25, -0.2) is 0 Å². The minimum atomic E-state index is -0.774. The highest BCUT2D eigenvalue weighted by Crippen LogP contribution is 2.21. The zero-order chi connectivity index (χ0) is 14.5. The fraction of sp³-hybridized carbons (Fsp3) is 0.625. The lowest BCUT2D eigenvalue weighted by atomic mass is 9.86. The minimum Gasteiger partial charge on any atom is -0.494 e. The van der Waals surface area contributed by atoms with Crippen molar-refractivity contribution in [2.24, 2.45) is 0 Å². The molecule has 1 aromatic rings. The molecular formula is C16H27NO2. The monoisotopic (exact) mass is 265 g/mol. The molecule has 108 valence electrons. The van der Waals surface area contributed by atoms with Crippen LogP contribution >= 0.6 is 0 Å². The molecule has 0 bridgehead atoms. The lowest BCUT2D eigenvalue weighted by Crippen LogP contribution is -2.55. The molecule has 0 saturated heterocycles. The average Bonchev–Trinajstić information content (AvgIpc) is 2.33. The Balaban J connectivity index is 2.63. The van der Waals surface area contributed by atoms with E-state index in [1.807, 2.05) is 45.9 Å². The largest absolute Gasteiger partial charge is 0.494 e. The van der Waals surface area contributed by atoms with Gasteiger partial charge in [0.25, 0.3) is 0 Å². The maximum Gasteiger partial charge on any atom is 0.119 e. The third-order valence-corrected chi connectivity index (χ3v) is 3.64. The summed E-state index contributed by atoms with van der Waals surface area (Å²) in [7, 11) is 0. The van der Waals surface area contributed by atoms with Gasteiger partial charge in [0.2, 0.25) is 0 Å². The van der Waals surface area contributed by atoms with E-state index in [2.05, 4.69) is 18.3 Å². The molecule has 1 aromatic carbocycles. The van der Waals surface area contributed by atoms with Crippen LogP contribution in [0.25, 0.3) is 0 Å². The molecule has 0 aliphatic carbocycles. The number of rotatable bonds is 7. The highest BCUT2D eigenvalue weighted by molar-refractivity contribution is 5.28. The number of hydrogen-bond acceptors (Lipinski definition) is 3. The molecule has 3 heteroatoms. The first-order valence-electron chi connectivity index (χ1n) is 6.95. The van der Waals surface area contributed by atoms with E-state index < -0.39 is 5.60 Å². The predicted octanol–water partition coefficient (Wildman–Crippen LogP) is 3.11. The van der Waals surface area contributed by atoms with Crippen LogP contribution in [-0.2, 0) is 6.54 Å². The maximum atomic E-state index is 10.1. The summed E-state index contributed by atoms with van der Waals surface area (Å²) in [6, 6.07) is 8.08. The highest BCUT2D eigenvalue weighted by atomic mass is 16.5. The van der Waals surface area contributed by atoms with Crippen molar-refractivity contribution >= 4 is 0 Å². The maximum absolute atomic E-state index is 10.1. The molecule has 3 nitrogen and oxygen atoms in total. The minimum absolute atomic E-state index is 0.354. The van der Waals surface area contributed by atoms with Crippen molar-refractivity contribution in [3.8, 4) is 5.75 Å². The number of nitrogens with one attached hydrogen (secondary N) is 1. The highest BCUT2D eigenvalue weighted by Gasteiger charge is 2.34. The van der Waals surface area contributed by atoms with Gasteiger partial charge in [0.05, 0.1) is 12.2 Å². The number of aliphatic hydroxyl groups is 1. The van der Waals surface area contributed by atoms with Crippen LogP contribution in [0, 0.1) is 0 Å². The van der Waals surface area contributed by atoms with Gasteiger partial charge in [0.15, 0.2) is 0 Å². The average molecular weight is 265 g/mol. The van der Waals surface area contributed by atoms with Gasteiger partial charge in [-0.05, 0) is 51.8 Å². The number of benzene rings is 1. The van der Waals surface area contributed by atoms with Gasteiger partial charge < -0.3 is 15.2 Å². The van der Waals surface area contributed by atoms with Crippen LogP contribution in [-0.4, -0.2) is 22.9 Å². The summed E-state index contributed by atoms with van der Waals surface area (Å²) in [4.78, 5) is 0. The molecule has 19 heavy (non-hydrogen) atoms. The lowest BCUT2D eigenvalue weighted by molar-refractivity contribution is -0.00532. The summed E-state index contributed by atoms with van der Waals surface area (Å²) in [6.07, 6.45) is 1.01. The van der Waals surface area contributed by atoms with E-state index in [0.717, 1.165) is 24.3 Å². The van der Waals surface area contributed by atoms with Gasteiger partial charge in [0, 0.05) is 12.1 Å². The first-order chi connectivity index (χ1) is 8.76. The molecule has 0 unspecified atom stereocenters. The van der Waals surface area contributed by atoms with Gasteiger partial charge in [-0.2, -0.15) is 0 Å². The third kappa shape index (κ3) is 4.84. The van der Waals surface area contributed by atoms with Crippen molar-refractivity contribution in [1.82, 2.24) is 5.32 Å². The Morgan fingerprint density at radius 2 is 1.89 bits per heavy atom. The van der Waals surface area contributed by atoms with E-state index in [1.54, 1.807) is 0 Å². The summed E-state index contributed by atoms with van der Waals surface area (Å²) < 4.78 is 5.62. The second-order valence-electron chi connectivity index (χ2n) is 6.03. The first kappa shape index (κ1) is 16.0. The normalized spacial score (nSPS) is 12.5. The molecule has 0 heterocycles. The van der Waals surface area contributed by atoms with Crippen LogP contribution in [0.15, 0.2) is 24.3 Å². The molecule has 0 aromatic heterocycles. The standard InChI is InChI=1S/C16H27NO2/c1-6-10-19-14-9-7-8-13(11-14)12-17-15(2,3)16(4,5)18/h7-9,11,17-18H,6,10,12H2,1-5H3. The number of ether oxygens (including phenoxy) is 1. The van der Waals surface area contributed by atoms with E-state index in [-0.39, 0.29) is 5.54 Å². The Morgan fingerprint density at radius 3 is 2.47 bits per heavy atom. The molecule has 0 fully saturated rings. The Hall–Kier alpha value is -1.06. The van der Waals surface area contributed by atoms with Crippen molar-refractivity contribution in [3.63, 3.8) is 0 Å². The summed E-state index contributed by atoms with van der Waals surface area (Å²) in [5.74, 6) is 0.905. The molecule has 1 rings (SSSR count). The van der Waals surface area contributed by atoms with Gasteiger partial charge in [-0.3, -0.25) is 0 Å². The fourth-order valence-electron chi connectivity index (χ4n) is 1.50. The van der Waals surface area contributed by atoms with Gasteiger partial charge >= 0.3 is 0 Å². The Morgan fingerprint density at radius 1 is 1.21 bits per heavy atom. The summed E-state index contributed by atoms with van der Waals surface area (Å²) in [5.41, 5.74) is 0.0299. The summed E-state index contributed by atoms with van der Waals surface area (Å²) in [5, 5.41) is 13.5. The van der Waals surface area contributed by atoms with Crippen LogP contribution in [0.5, 0.6) is 5.75 Å². The summed E-state index contributed by atoms with van der Waals surface area (Å²) >= 11 is 0. The molecule has 0 amide bonds. The van der Waals surface area contributed by atoms with Crippen LogP contribution in [0.2, 0.25) is 0 Å². The van der Waals surface area contributed by atoms with Crippen molar-refractivity contribution in [2.75, 3.05) is 6.61 Å². The SMILES string of the molecule is CCCOc1cccc(CNC(C)(C)C(C)(C)O)c1. The topological polar surface area (TPSA) is 41.5 Å². The smallest absolute Gasteiger partial charge is 0.119 e. The van der Waals surface area contributed by atoms with Gasteiger partial charge in [0.1, 0.15) is 5.75 Å². The molecule has 2 N–H and O–H groups in total. The number of hydrogen-bond donors (Lipinski definition) is 2. The van der Waals surface area contributed by atoms with Crippen molar-refractivity contribution in [1.29, 1.82) is 0 Å². The Labute approximate surface area is 117 Å². The zero-order valence-electron chi connectivity index (χ0n) is 12.8.